The monoisotopic (exact) mass is 417 g/mol. The van der Waals surface area contributed by atoms with E-state index in [1.54, 1.807) is 48.5 Å². The molecule has 0 aliphatic carbocycles. The molecule has 3 aromatic carbocycles. The molecule has 0 aromatic heterocycles. The summed E-state index contributed by atoms with van der Waals surface area (Å²) in [5, 5.41) is 2.66. The van der Waals surface area contributed by atoms with Crippen LogP contribution in [0.1, 0.15) is 40.1 Å². The van der Waals surface area contributed by atoms with Gasteiger partial charge >= 0.3 is 5.97 Å². The summed E-state index contributed by atoms with van der Waals surface area (Å²) in [6.07, 6.45) is -1.01. The van der Waals surface area contributed by atoms with Gasteiger partial charge in [-0.1, -0.05) is 36.4 Å². The molecular weight excluding hydrogens is 394 g/mol. The Labute approximate surface area is 180 Å². The van der Waals surface area contributed by atoms with E-state index >= 15 is 0 Å². The van der Waals surface area contributed by atoms with Crippen molar-refractivity contribution in [2.75, 3.05) is 5.32 Å². The number of carbonyl (C=O) groups is 3. The first-order valence-corrected chi connectivity index (χ1v) is 9.82. The SMILES string of the molecule is CC(=O)c1ccc(NC(=O)[C@H](C)OC(=O)c2cccc(OCc3ccccc3)c2)cc1. The molecule has 31 heavy (non-hydrogen) atoms. The number of hydrogen-bond donors (Lipinski definition) is 1. The van der Waals surface area contributed by atoms with Crippen LogP contribution < -0.4 is 10.1 Å². The highest BCUT2D eigenvalue weighted by Crippen LogP contribution is 2.17. The van der Waals surface area contributed by atoms with E-state index in [9.17, 15) is 14.4 Å². The summed E-state index contributed by atoms with van der Waals surface area (Å²) in [6.45, 7) is 3.34. The van der Waals surface area contributed by atoms with Crippen molar-refractivity contribution in [2.24, 2.45) is 0 Å². The van der Waals surface area contributed by atoms with Gasteiger partial charge in [0.15, 0.2) is 11.9 Å². The van der Waals surface area contributed by atoms with Gasteiger partial charge in [-0.3, -0.25) is 9.59 Å². The first-order chi connectivity index (χ1) is 14.9. The molecule has 0 spiro atoms. The predicted molar refractivity (Wildman–Crippen MR) is 117 cm³/mol. The molecule has 0 fully saturated rings. The Bertz CT molecular complexity index is 1060. The average molecular weight is 417 g/mol. The van der Waals surface area contributed by atoms with Crippen molar-refractivity contribution < 1.29 is 23.9 Å². The van der Waals surface area contributed by atoms with Gasteiger partial charge in [-0.05, 0) is 61.9 Å². The number of nitrogens with one attached hydrogen (secondary N) is 1. The summed E-state index contributed by atoms with van der Waals surface area (Å²) in [5.74, 6) is -0.628. The first-order valence-electron chi connectivity index (χ1n) is 9.82. The third-order valence-electron chi connectivity index (χ3n) is 4.53. The second kappa shape index (κ2) is 10.2. The number of ketones is 1. The Kier molecular flexibility index (Phi) is 7.17. The highest BCUT2D eigenvalue weighted by Gasteiger charge is 2.19. The van der Waals surface area contributed by atoms with Crippen LogP contribution in [0.25, 0.3) is 0 Å². The molecule has 1 amide bonds. The van der Waals surface area contributed by atoms with Gasteiger partial charge in [0, 0.05) is 11.3 Å². The number of Topliss-reactive ketones (excluding diaryl/α,β-unsaturated/α-hetero) is 1. The van der Waals surface area contributed by atoms with Gasteiger partial charge in [-0.2, -0.15) is 0 Å². The summed E-state index contributed by atoms with van der Waals surface area (Å²) in [5.41, 5.74) is 2.36. The summed E-state index contributed by atoms with van der Waals surface area (Å²) >= 11 is 0. The minimum Gasteiger partial charge on any atom is -0.489 e. The van der Waals surface area contributed by atoms with Crippen molar-refractivity contribution in [1.82, 2.24) is 0 Å². The number of amides is 1. The van der Waals surface area contributed by atoms with E-state index in [1.807, 2.05) is 30.3 Å². The fourth-order valence-electron chi connectivity index (χ4n) is 2.77. The molecule has 0 radical (unpaired) electrons. The molecule has 0 unspecified atom stereocenters. The van der Waals surface area contributed by atoms with Crippen molar-refractivity contribution in [3.8, 4) is 5.75 Å². The lowest BCUT2D eigenvalue weighted by atomic mass is 10.1. The molecule has 3 rings (SSSR count). The van der Waals surface area contributed by atoms with E-state index in [0.29, 0.717) is 23.6 Å². The molecule has 3 aromatic rings. The summed E-state index contributed by atoms with van der Waals surface area (Å²) in [4.78, 5) is 36.1. The molecule has 0 aliphatic heterocycles. The van der Waals surface area contributed by atoms with Crippen molar-refractivity contribution in [2.45, 2.75) is 26.6 Å². The Balaban J connectivity index is 1.56. The van der Waals surface area contributed by atoms with E-state index < -0.39 is 18.0 Å². The standard InChI is InChI=1S/C25H23NO5/c1-17(27)20-11-13-22(14-12-20)26-24(28)18(2)31-25(29)21-9-6-10-23(15-21)30-16-19-7-4-3-5-8-19/h3-15,18H,16H2,1-2H3,(H,26,28)/t18-/m0/s1. The molecule has 6 heteroatoms. The highest BCUT2D eigenvalue weighted by molar-refractivity contribution is 5.98. The van der Waals surface area contributed by atoms with Gasteiger partial charge in [-0.15, -0.1) is 0 Å². The molecule has 1 atom stereocenters. The molecule has 0 saturated heterocycles. The Morgan fingerprint density at radius 2 is 1.58 bits per heavy atom. The number of ether oxygens (including phenoxy) is 2. The predicted octanol–water partition coefficient (Wildman–Crippen LogP) is 4.65. The maximum Gasteiger partial charge on any atom is 0.339 e. The van der Waals surface area contributed by atoms with E-state index in [0.717, 1.165) is 5.56 Å². The van der Waals surface area contributed by atoms with Crippen LogP contribution in [0.5, 0.6) is 5.75 Å². The Morgan fingerprint density at radius 3 is 2.26 bits per heavy atom. The van der Waals surface area contributed by atoms with E-state index in [2.05, 4.69) is 5.32 Å². The van der Waals surface area contributed by atoms with Gasteiger partial charge < -0.3 is 14.8 Å². The van der Waals surface area contributed by atoms with Gasteiger partial charge in [0.2, 0.25) is 0 Å². The van der Waals surface area contributed by atoms with Crippen LogP contribution >= 0.6 is 0 Å². The van der Waals surface area contributed by atoms with Crippen LogP contribution in [0.15, 0.2) is 78.9 Å². The maximum atomic E-state index is 12.5. The number of carbonyl (C=O) groups excluding carboxylic acids is 3. The minimum atomic E-state index is -1.01. The maximum absolute atomic E-state index is 12.5. The zero-order chi connectivity index (χ0) is 22.2. The van der Waals surface area contributed by atoms with Gasteiger partial charge in [0.05, 0.1) is 5.56 Å². The molecule has 6 nitrogen and oxygen atoms in total. The van der Waals surface area contributed by atoms with Crippen LogP contribution in [0.4, 0.5) is 5.69 Å². The largest absolute Gasteiger partial charge is 0.489 e. The molecule has 0 bridgehead atoms. The zero-order valence-electron chi connectivity index (χ0n) is 17.3. The first kappa shape index (κ1) is 21.8. The van der Waals surface area contributed by atoms with E-state index in [1.165, 1.54) is 13.8 Å². The topological polar surface area (TPSA) is 81.7 Å². The molecular formula is C25H23NO5. The zero-order valence-corrected chi connectivity index (χ0v) is 17.3. The summed E-state index contributed by atoms with van der Waals surface area (Å²) < 4.78 is 11.0. The highest BCUT2D eigenvalue weighted by atomic mass is 16.5. The normalized spacial score (nSPS) is 11.3. The number of benzene rings is 3. The lowest BCUT2D eigenvalue weighted by Crippen LogP contribution is -2.30. The molecule has 0 saturated carbocycles. The minimum absolute atomic E-state index is 0.0600. The lowest BCUT2D eigenvalue weighted by Gasteiger charge is -2.14. The van der Waals surface area contributed by atoms with E-state index in [-0.39, 0.29) is 11.3 Å². The van der Waals surface area contributed by atoms with Crippen LogP contribution in [0, 0.1) is 0 Å². The second-order valence-corrected chi connectivity index (χ2v) is 6.97. The third-order valence-corrected chi connectivity index (χ3v) is 4.53. The Morgan fingerprint density at radius 1 is 0.871 bits per heavy atom. The molecule has 0 aliphatic rings. The van der Waals surface area contributed by atoms with E-state index in [4.69, 9.17) is 9.47 Å². The van der Waals surface area contributed by atoms with Crippen LogP contribution in [0.3, 0.4) is 0 Å². The number of rotatable bonds is 8. The lowest BCUT2D eigenvalue weighted by molar-refractivity contribution is -0.123. The average Bonchev–Trinajstić information content (AvgIpc) is 2.79. The number of esters is 1. The summed E-state index contributed by atoms with van der Waals surface area (Å²) in [7, 11) is 0. The fourth-order valence-corrected chi connectivity index (χ4v) is 2.77. The number of hydrogen-bond acceptors (Lipinski definition) is 5. The summed E-state index contributed by atoms with van der Waals surface area (Å²) in [6, 6.07) is 22.8. The fraction of sp³-hybridized carbons (Fsp3) is 0.160. The van der Waals surface area contributed by atoms with Crippen molar-refractivity contribution >= 4 is 23.3 Å². The smallest absolute Gasteiger partial charge is 0.339 e. The number of anilines is 1. The van der Waals surface area contributed by atoms with Crippen molar-refractivity contribution in [3.05, 3.63) is 95.6 Å². The van der Waals surface area contributed by atoms with Gasteiger partial charge in [0.1, 0.15) is 12.4 Å². The third kappa shape index (κ3) is 6.27. The van der Waals surface area contributed by atoms with Crippen LogP contribution in [0.2, 0.25) is 0 Å². The van der Waals surface area contributed by atoms with Crippen molar-refractivity contribution in [3.63, 3.8) is 0 Å². The van der Waals surface area contributed by atoms with Crippen LogP contribution in [-0.2, 0) is 16.1 Å². The second-order valence-electron chi connectivity index (χ2n) is 6.97. The van der Waals surface area contributed by atoms with Crippen molar-refractivity contribution in [1.29, 1.82) is 0 Å². The molecule has 0 heterocycles. The quantitative estimate of drug-likeness (QED) is 0.426. The van der Waals surface area contributed by atoms with Gasteiger partial charge in [0.25, 0.3) is 5.91 Å². The molecule has 158 valence electrons. The van der Waals surface area contributed by atoms with Crippen LogP contribution in [-0.4, -0.2) is 23.8 Å². The Hall–Kier alpha value is -3.93. The van der Waals surface area contributed by atoms with Gasteiger partial charge in [-0.25, -0.2) is 4.79 Å². The molecule has 1 N–H and O–H groups in total.